The summed E-state index contributed by atoms with van der Waals surface area (Å²) in [6.07, 6.45) is 57.5. The van der Waals surface area contributed by atoms with Gasteiger partial charge in [0, 0.05) is 0 Å². The van der Waals surface area contributed by atoms with Gasteiger partial charge in [-0.25, -0.2) is 0 Å². The van der Waals surface area contributed by atoms with Gasteiger partial charge < -0.3 is 0 Å². The van der Waals surface area contributed by atoms with Crippen molar-refractivity contribution in [1.82, 2.24) is 0 Å². The molecule has 3 unspecified atom stereocenters. The Morgan fingerprint density at radius 2 is 0.256 bits per heavy atom. The molecule has 78 heavy (non-hydrogen) atoms. The summed E-state index contributed by atoms with van der Waals surface area (Å²) in [5.41, 5.74) is 0. The van der Waals surface area contributed by atoms with Crippen molar-refractivity contribution in [3.63, 3.8) is 0 Å². The Balaban J connectivity index is 8.45. The molecule has 0 fully saturated rings. The fourth-order valence-corrected chi connectivity index (χ4v) is 17.0. The standard InChI is InChI=1S/C78H158/c1-21-41-42-70(40-20)54-77(53-69(38-18)39-19)57-72(58-78(59-75(49-65(30-10)31-11)50-66(32-12)33-13)60-76(51-67(34-14)35-15)52-68(36-16)37-17)44-43-71(55-73(45-61(22-2)23-3)46-62(24-4)25-5)56-74(47-63(26-6)27-7)48-64(28-8)29-9/h61-78H,21-60H2,1-20H3. The second kappa shape index (κ2) is 50.3. The van der Waals surface area contributed by atoms with E-state index in [1.54, 1.807) is 6.42 Å². The number of rotatable bonds is 57. The summed E-state index contributed by atoms with van der Waals surface area (Å²) in [6.45, 7) is 50.4. The molecule has 0 heteroatoms. The van der Waals surface area contributed by atoms with Crippen LogP contribution in [0.5, 0.6) is 0 Å². The molecule has 0 nitrogen and oxygen atoms in total. The Hall–Kier alpha value is 0. The Morgan fingerprint density at radius 3 is 0.397 bits per heavy atom. The van der Waals surface area contributed by atoms with Gasteiger partial charge in [-0.15, -0.1) is 0 Å². The Bertz CT molecular complexity index is 1070. The zero-order chi connectivity index (χ0) is 58.7. The fourth-order valence-electron chi connectivity index (χ4n) is 17.0. The normalized spacial score (nSPS) is 14.2. The molecule has 3 atom stereocenters. The van der Waals surface area contributed by atoms with Crippen LogP contribution in [0.4, 0.5) is 0 Å². The first kappa shape index (κ1) is 78.0. The van der Waals surface area contributed by atoms with Crippen molar-refractivity contribution in [2.75, 3.05) is 0 Å². The lowest BCUT2D eigenvalue weighted by Crippen LogP contribution is -2.25. The van der Waals surface area contributed by atoms with Crippen LogP contribution in [0, 0.1) is 107 Å². The average Bonchev–Trinajstić information content (AvgIpc) is 3.46. The van der Waals surface area contributed by atoms with Gasteiger partial charge >= 0.3 is 0 Å². The van der Waals surface area contributed by atoms with E-state index in [4.69, 9.17) is 0 Å². The zero-order valence-electron chi connectivity index (χ0n) is 58.7. The van der Waals surface area contributed by atoms with E-state index in [0.717, 1.165) is 107 Å². The summed E-state index contributed by atoms with van der Waals surface area (Å²) < 4.78 is 0. The lowest BCUT2D eigenvalue weighted by atomic mass is 9.69. The second-order valence-electron chi connectivity index (χ2n) is 28.8. The van der Waals surface area contributed by atoms with E-state index in [1.807, 2.05) is 0 Å². The van der Waals surface area contributed by atoms with E-state index in [0.29, 0.717) is 0 Å². The molecule has 0 saturated heterocycles. The molecule has 0 amide bonds. The first-order valence-corrected chi connectivity index (χ1v) is 37.7. The molecule has 0 radical (unpaired) electrons. The van der Waals surface area contributed by atoms with Crippen LogP contribution in [0.15, 0.2) is 0 Å². The molecular weight excluding hydrogens is 937 g/mol. The molecule has 470 valence electrons. The topological polar surface area (TPSA) is 0 Å². The third-order valence-electron chi connectivity index (χ3n) is 23.6. The highest BCUT2D eigenvalue weighted by Gasteiger charge is 2.33. The monoisotopic (exact) mass is 1100 g/mol. The van der Waals surface area contributed by atoms with Crippen LogP contribution < -0.4 is 0 Å². The smallest absolute Gasteiger partial charge is 0.0406 e. The molecule has 0 aromatic rings. The van der Waals surface area contributed by atoms with Crippen LogP contribution >= 0.6 is 0 Å². The maximum absolute atomic E-state index is 2.56. The van der Waals surface area contributed by atoms with Crippen molar-refractivity contribution in [1.29, 1.82) is 0 Å². The van der Waals surface area contributed by atoms with Crippen LogP contribution in [0.3, 0.4) is 0 Å². The highest BCUT2D eigenvalue weighted by Crippen LogP contribution is 2.45. The molecule has 0 heterocycles. The minimum Gasteiger partial charge on any atom is -0.0654 e. The van der Waals surface area contributed by atoms with Gasteiger partial charge in [0.2, 0.25) is 0 Å². The summed E-state index contributed by atoms with van der Waals surface area (Å²) in [4.78, 5) is 0. The van der Waals surface area contributed by atoms with E-state index < -0.39 is 0 Å². The third-order valence-corrected chi connectivity index (χ3v) is 23.6. The highest BCUT2D eigenvalue weighted by molar-refractivity contribution is 4.84. The Kier molecular flexibility index (Phi) is 50.3. The van der Waals surface area contributed by atoms with E-state index in [1.165, 1.54) is 250 Å². The minimum absolute atomic E-state index is 0.873. The van der Waals surface area contributed by atoms with Crippen molar-refractivity contribution >= 4 is 0 Å². The Labute approximate surface area is 499 Å². The molecule has 0 rings (SSSR count). The lowest BCUT2D eigenvalue weighted by Gasteiger charge is -2.37. The molecule has 0 aliphatic heterocycles. The predicted molar refractivity (Wildman–Crippen MR) is 361 cm³/mol. The predicted octanol–water partition coefficient (Wildman–Crippen LogP) is 28.1. The van der Waals surface area contributed by atoms with Gasteiger partial charge in [-0.2, -0.15) is 0 Å². The molecule has 0 aromatic carbocycles. The summed E-state index contributed by atoms with van der Waals surface area (Å²) >= 11 is 0. The average molecular weight is 1100 g/mol. The molecule has 0 bridgehead atoms. The van der Waals surface area contributed by atoms with Gasteiger partial charge in [0.05, 0.1) is 0 Å². The molecule has 0 aliphatic rings. The van der Waals surface area contributed by atoms with Gasteiger partial charge in [0.25, 0.3) is 0 Å². The van der Waals surface area contributed by atoms with Crippen molar-refractivity contribution in [3.05, 3.63) is 0 Å². The lowest BCUT2D eigenvalue weighted by molar-refractivity contribution is 0.146. The number of unbranched alkanes of at least 4 members (excludes halogenated alkanes) is 1. The van der Waals surface area contributed by atoms with Gasteiger partial charge in [-0.3, -0.25) is 0 Å². The molecule has 0 aromatic heterocycles. The minimum atomic E-state index is 0.873. The zero-order valence-corrected chi connectivity index (χ0v) is 58.7. The van der Waals surface area contributed by atoms with Crippen LogP contribution in [0.2, 0.25) is 0 Å². The summed E-state index contributed by atoms with van der Waals surface area (Å²) in [7, 11) is 0. The van der Waals surface area contributed by atoms with Crippen LogP contribution in [0.25, 0.3) is 0 Å². The SMILES string of the molecule is CCCCC(CC)CC(CC(CC)CC)CC(CCC(CC(CC(CC)CC)CC(CC)CC)CC(CC(CC)CC)CC(CC)CC)CC(CC(CC(CC)CC)CC(CC)CC)CC(CC(CC)CC)CC(CC)CC. The van der Waals surface area contributed by atoms with Gasteiger partial charge in [0.15, 0.2) is 0 Å². The molecule has 0 spiro atoms. The Morgan fingerprint density at radius 1 is 0.128 bits per heavy atom. The molecule has 0 N–H and O–H groups in total. The van der Waals surface area contributed by atoms with Crippen LogP contribution in [0.1, 0.15) is 395 Å². The third kappa shape index (κ3) is 34.7. The second-order valence-corrected chi connectivity index (χ2v) is 28.8. The maximum atomic E-state index is 2.56. The molecule has 0 aliphatic carbocycles. The molecular formula is C78H158. The van der Waals surface area contributed by atoms with Crippen LogP contribution in [-0.2, 0) is 0 Å². The van der Waals surface area contributed by atoms with Gasteiger partial charge in [0.1, 0.15) is 0 Å². The number of hydrogen-bond acceptors (Lipinski definition) is 0. The highest BCUT2D eigenvalue weighted by atomic mass is 14.4. The van der Waals surface area contributed by atoms with Crippen molar-refractivity contribution in [3.8, 4) is 0 Å². The van der Waals surface area contributed by atoms with E-state index in [9.17, 15) is 0 Å². The fraction of sp³-hybridized carbons (Fsp3) is 1.00. The first-order chi connectivity index (χ1) is 37.7. The van der Waals surface area contributed by atoms with E-state index in [2.05, 4.69) is 138 Å². The van der Waals surface area contributed by atoms with Crippen LogP contribution in [-0.4, -0.2) is 0 Å². The van der Waals surface area contributed by atoms with Crippen molar-refractivity contribution < 1.29 is 0 Å². The number of hydrogen-bond donors (Lipinski definition) is 0. The maximum Gasteiger partial charge on any atom is -0.0406 e. The largest absolute Gasteiger partial charge is 0.0654 e. The molecule has 0 saturated carbocycles. The first-order valence-electron chi connectivity index (χ1n) is 37.7. The van der Waals surface area contributed by atoms with Gasteiger partial charge in [-0.1, -0.05) is 293 Å². The summed E-state index contributed by atoms with van der Waals surface area (Å²) in [5.74, 6) is 16.1. The van der Waals surface area contributed by atoms with E-state index in [-0.39, 0.29) is 0 Å². The van der Waals surface area contributed by atoms with Crippen molar-refractivity contribution in [2.24, 2.45) is 107 Å². The van der Waals surface area contributed by atoms with E-state index >= 15 is 0 Å². The van der Waals surface area contributed by atoms with Crippen molar-refractivity contribution in [2.45, 2.75) is 395 Å². The van der Waals surface area contributed by atoms with Gasteiger partial charge in [-0.05, 0) is 209 Å². The quantitative estimate of drug-likeness (QED) is 0.0569. The summed E-state index contributed by atoms with van der Waals surface area (Å²) in [6, 6.07) is 0. The summed E-state index contributed by atoms with van der Waals surface area (Å²) in [5, 5.41) is 0.